The molecule has 0 aliphatic carbocycles. The molecule has 2 heteroatoms. The highest BCUT2D eigenvalue weighted by atomic mass is 14.6. The molecule has 0 spiro atoms. The molecule has 2 rings (SSSR count). The lowest BCUT2D eigenvalue weighted by Crippen LogP contribution is -1.93. The third-order valence-corrected chi connectivity index (χ3v) is 2.88. The largest absolute Gasteiger partial charge is 0.327 e. The molecule has 0 amide bonds. The van der Waals surface area contributed by atoms with Crippen LogP contribution in [0.15, 0.2) is 36.7 Å². The maximum atomic E-state index is 5.45. The van der Waals surface area contributed by atoms with Gasteiger partial charge in [-0.3, -0.25) is 4.98 Å². The van der Waals surface area contributed by atoms with E-state index in [4.69, 9.17) is 5.73 Å². The molecule has 2 N–H and O–H groups in total. The summed E-state index contributed by atoms with van der Waals surface area (Å²) in [7, 11) is 0. The standard InChI is InChI=1S/C15H18N2/c1-11(2)15-10-17-9-13-8-12(4-3-7-16)5-6-14(13)15/h3-6,8-11H,7,16H2,1-2H3/b4-3+. The molecule has 1 aromatic carbocycles. The van der Waals surface area contributed by atoms with Gasteiger partial charge in [0.25, 0.3) is 0 Å². The van der Waals surface area contributed by atoms with Gasteiger partial charge >= 0.3 is 0 Å². The van der Waals surface area contributed by atoms with Gasteiger partial charge in [-0.2, -0.15) is 0 Å². The number of rotatable bonds is 3. The first-order valence-electron chi connectivity index (χ1n) is 5.96. The summed E-state index contributed by atoms with van der Waals surface area (Å²) >= 11 is 0. The molecule has 88 valence electrons. The third kappa shape index (κ3) is 2.53. The lowest BCUT2D eigenvalue weighted by molar-refractivity contribution is 0.869. The van der Waals surface area contributed by atoms with Crippen LogP contribution in [-0.4, -0.2) is 11.5 Å². The summed E-state index contributed by atoms with van der Waals surface area (Å²) in [4.78, 5) is 4.31. The second kappa shape index (κ2) is 5.11. The minimum Gasteiger partial charge on any atom is -0.327 e. The predicted octanol–water partition coefficient (Wildman–Crippen LogP) is 3.33. The van der Waals surface area contributed by atoms with Gasteiger partial charge in [-0.15, -0.1) is 0 Å². The Balaban J connectivity index is 2.53. The van der Waals surface area contributed by atoms with Gasteiger partial charge in [0, 0.05) is 24.3 Å². The van der Waals surface area contributed by atoms with Gasteiger partial charge in [0.2, 0.25) is 0 Å². The van der Waals surface area contributed by atoms with Gasteiger partial charge in [0.1, 0.15) is 0 Å². The minimum atomic E-state index is 0.497. The maximum absolute atomic E-state index is 5.45. The summed E-state index contributed by atoms with van der Waals surface area (Å²) < 4.78 is 0. The Morgan fingerprint density at radius 1 is 1.29 bits per heavy atom. The van der Waals surface area contributed by atoms with Crippen LogP contribution in [0.5, 0.6) is 0 Å². The molecule has 0 aliphatic heterocycles. The number of aromatic nitrogens is 1. The van der Waals surface area contributed by atoms with Gasteiger partial charge in [0.05, 0.1) is 0 Å². The fourth-order valence-corrected chi connectivity index (χ4v) is 1.99. The highest BCUT2D eigenvalue weighted by Gasteiger charge is 2.05. The molecule has 2 aromatic rings. The molecule has 0 saturated heterocycles. The molecule has 1 aromatic heterocycles. The van der Waals surface area contributed by atoms with E-state index in [0.29, 0.717) is 12.5 Å². The number of nitrogens with two attached hydrogens (primary N) is 1. The van der Waals surface area contributed by atoms with Crippen molar-refractivity contribution in [1.82, 2.24) is 4.98 Å². The van der Waals surface area contributed by atoms with Gasteiger partial charge in [-0.25, -0.2) is 0 Å². The average Bonchev–Trinajstić information content (AvgIpc) is 2.35. The molecule has 2 nitrogen and oxygen atoms in total. The molecule has 0 fully saturated rings. The molecule has 0 radical (unpaired) electrons. The Hall–Kier alpha value is -1.67. The molecular formula is C15H18N2. The molecule has 0 atom stereocenters. The lowest BCUT2D eigenvalue weighted by atomic mass is 9.97. The summed E-state index contributed by atoms with van der Waals surface area (Å²) in [6.07, 6.45) is 7.88. The summed E-state index contributed by atoms with van der Waals surface area (Å²) in [5.41, 5.74) is 7.93. The molecule has 17 heavy (non-hydrogen) atoms. The summed E-state index contributed by atoms with van der Waals surface area (Å²) in [5.74, 6) is 0.497. The van der Waals surface area contributed by atoms with Crippen LogP contribution < -0.4 is 5.73 Å². The monoisotopic (exact) mass is 226 g/mol. The number of benzene rings is 1. The van der Waals surface area contributed by atoms with Crippen molar-refractivity contribution in [3.63, 3.8) is 0 Å². The third-order valence-electron chi connectivity index (χ3n) is 2.88. The summed E-state index contributed by atoms with van der Waals surface area (Å²) in [6, 6.07) is 6.45. The van der Waals surface area contributed by atoms with Crippen LogP contribution in [0, 0.1) is 0 Å². The fourth-order valence-electron chi connectivity index (χ4n) is 1.99. The normalized spacial score (nSPS) is 11.8. The van der Waals surface area contributed by atoms with E-state index in [1.165, 1.54) is 21.9 Å². The van der Waals surface area contributed by atoms with Crippen molar-refractivity contribution in [3.8, 4) is 0 Å². The zero-order valence-electron chi connectivity index (χ0n) is 10.4. The highest BCUT2D eigenvalue weighted by Crippen LogP contribution is 2.25. The first-order valence-corrected chi connectivity index (χ1v) is 5.96. The van der Waals surface area contributed by atoms with E-state index in [0.717, 1.165) is 0 Å². The predicted molar refractivity (Wildman–Crippen MR) is 73.9 cm³/mol. The number of fused-ring (bicyclic) bond motifs is 1. The van der Waals surface area contributed by atoms with Crippen LogP contribution in [0.25, 0.3) is 16.8 Å². The fraction of sp³-hybridized carbons (Fsp3) is 0.267. The van der Waals surface area contributed by atoms with Crippen LogP contribution >= 0.6 is 0 Å². The topological polar surface area (TPSA) is 38.9 Å². The first-order chi connectivity index (χ1) is 8.22. The van der Waals surface area contributed by atoms with E-state index in [9.17, 15) is 0 Å². The van der Waals surface area contributed by atoms with Gasteiger partial charge in [-0.05, 0) is 28.5 Å². The Morgan fingerprint density at radius 3 is 2.82 bits per heavy atom. The second-order valence-electron chi connectivity index (χ2n) is 4.50. The number of hydrogen-bond donors (Lipinski definition) is 1. The van der Waals surface area contributed by atoms with Crippen molar-refractivity contribution in [2.75, 3.05) is 6.54 Å². The van der Waals surface area contributed by atoms with E-state index in [-0.39, 0.29) is 0 Å². The average molecular weight is 226 g/mol. The van der Waals surface area contributed by atoms with Crippen molar-refractivity contribution in [2.45, 2.75) is 19.8 Å². The number of hydrogen-bond acceptors (Lipinski definition) is 2. The van der Waals surface area contributed by atoms with Crippen LogP contribution in [-0.2, 0) is 0 Å². The number of nitrogens with zero attached hydrogens (tertiary/aromatic N) is 1. The lowest BCUT2D eigenvalue weighted by Gasteiger charge is -2.09. The highest BCUT2D eigenvalue weighted by molar-refractivity contribution is 5.87. The molecule has 0 bridgehead atoms. The summed E-state index contributed by atoms with van der Waals surface area (Å²) in [6.45, 7) is 4.96. The zero-order chi connectivity index (χ0) is 12.3. The Kier molecular flexibility index (Phi) is 3.55. The van der Waals surface area contributed by atoms with Crippen molar-refractivity contribution < 1.29 is 0 Å². The molecule has 1 heterocycles. The van der Waals surface area contributed by atoms with Gasteiger partial charge in [0.15, 0.2) is 0 Å². The van der Waals surface area contributed by atoms with E-state index < -0.39 is 0 Å². The summed E-state index contributed by atoms with van der Waals surface area (Å²) in [5, 5.41) is 2.48. The van der Waals surface area contributed by atoms with E-state index >= 15 is 0 Å². The SMILES string of the molecule is CC(C)c1cncc2cc(/C=C/CN)ccc12. The Morgan fingerprint density at radius 2 is 2.12 bits per heavy atom. The molecule has 0 saturated carbocycles. The maximum Gasteiger partial charge on any atom is 0.0346 e. The molecular weight excluding hydrogens is 208 g/mol. The minimum absolute atomic E-state index is 0.497. The first kappa shape index (κ1) is 11.8. The van der Waals surface area contributed by atoms with Gasteiger partial charge < -0.3 is 5.73 Å². The smallest absolute Gasteiger partial charge is 0.0346 e. The van der Waals surface area contributed by atoms with Gasteiger partial charge in [-0.1, -0.05) is 38.1 Å². The zero-order valence-corrected chi connectivity index (χ0v) is 10.4. The van der Waals surface area contributed by atoms with Crippen LogP contribution in [0.1, 0.15) is 30.9 Å². The van der Waals surface area contributed by atoms with E-state index in [2.05, 4.69) is 37.0 Å². The van der Waals surface area contributed by atoms with Crippen LogP contribution in [0.2, 0.25) is 0 Å². The van der Waals surface area contributed by atoms with Crippen LogP contribution in [0.3, 0.4) is 0 Å². The van der Waals surface area contributed by atoms with Crippen molar-refractivity contribution in [1.29, 1.82) is 0 Å². The Labute approximate surface area is 102 Å². The van der Waals surface area contributed by atoms with Crippen molar-refractivity contribution in [2.24, 2.45) is 5.73 Å². The van der Waals surface area contributed by atoms with Crippen molar-refractivity contribution in [3.05, 3.63) is 47.8 Å². The Bertz CT molecular complexity index is 542. The number of pyridine rings is 1. The van der Waals surface area contributed by atoms with E-state index in [1.54, 1.807) is 0 Å². The molecule has 0 unspecified atom stereocenters. The second-order valence-corrected chi connectivity index (χ2v) is 4.50. The molecule has 0 aliphatic rings. The van der Waals surface area contributed by atoms with Crippen LogP contribution in [0.4, 0.5) is 0 Å². The quantitative estimate of drug-likeness (QED) is 0.871. The van der Waals surface area contributed by atoms with Crippen molar-refractivity contribution >= 4 is 16.8 Å². The van der Waals surface area contributed by atoms with E-state index in [1.807, 2.05) is 24.5 Å².